The van der Waals surface area contributed by atoms with E-state index in [0.717, 1.165) is 0 Å². The smallest absolute Gasteiger partial charge is 0.144 e. The summed E-state index contributed by atoms with van der Waals surface area (Å²) in [7, 11) is 0. The van der Waals surface area contributed by atoms with Gasteiger partial charge in [0.1, 0.15) is 11.7 Å². The van der Waals surface area contributed by atoms with Crippen LogP contribution in [0.15, 0.2) is 36.4 Å². The zero-order valence-corrected chi connectivity index (χ0v) is 7.36. The van der Waals surface area contributed by atoms with Crippen LogP contribution in [-0.2, 0) is 15.4 Å². The summed E-state index contributed by atoms with van der Waals surface area (Å²) in [5, 5.41) is 0. The van der Waals surface area contributed by atoms with E-state index in [1.165, 1.54) is 11.1 Å². The van der Waals surface area contributed by atoms with Crippen LogP contribution in [0.3, 0.4) is 0 Å². The molecule has 0 saturated carbocycles. The van der Waals surface area contributed by atoms with Gasteiger partial charge in [0.2, 0.25) is 0 Å². The van der Waals surface area contributed by atoms with Crippen LogP contribution in [-0.4, -0.2) is 0 Å². The van der Waals surface area contributed by atoms with Gasteiger partial charge in [-0.3, -0.25) is 0 Å². The summed E-state index contributed by atoms with van der Waals surface area (Å²) in [4.78, 5) is 10.5. The van der Waals surface area contributed by atoms with Crippen molar-refractivity contribution in [2.75, 3.05) is 0 Å². The zero-order valence-electron chi connectivity index (χ0n) is 7.36. The molecule has 2 nitrogen and oxygen atoms in total. The second kappa shape index (κ2) is 2.22. The fraction of sp³-hybridized carbons (Fsp3) is 0.273. The van der Waals surface area contributed by atoms with Gasteiger partial charge in [0, 0.05) is 0 Å². The number of hydrogen-bond donors (Lipinski definition) is 0. The average molecular weight is 174 g/mol. The summed E-state index contributed by atoms with van der Waals surface area (Å²) in [6.07, 6.45) is 4.09. The van der Waals surface area contributed by atoms with Crippen molar-refractivity contribution in [1.82, 2.24) is 0 Å². The molecular weight excluding hydrogens is 164 g/mol. The van der Waals surface area contributed by atoms with E-state index in [0.29, 0.717) is 0 Å². The lowest BCUT2D eigenvalue weighted by molar-refractivity contribution is -0.386. The highest BCUT2D eigenvalue weighted by Gasteiger charge is 2.40. The summed E-state index contributed by atoms with van der Waals surface area (Å²) >= 11 is 0. The Labute approximate surface area is 76.7 Å². The van der Waals surface area contributed by atoms with Crippen LogP contribution in [0.5, 0.6) is 0 Å². The molecule has 2 heterocycles. The lowest BCUT2D eigenvalue weighted by atomic mass is 9.83. The van der Waals surface area contributed by atoms with E-state index in [1.54, 1.807) is 0 Å². The number of hydrogen-bond acceptors (Lipinski definition) is 2. The third kappa shape index (κ3) is 0.844. The van der Waals surface area contributed by atoms with Gasteiger partial charge in [0.15, 0.2) is 0 Å². The molecule has 2 atom stereocenters. The lowest BCUT2D eigenvalue weighted by Gasteiger charge is -2.39. The quantitative estimate of drug-likeness (QED) is 0.444. The predicted molar refractivity (Wildman–Crippen MR) is 47.8 cm³/mol. The van der Waals surface area contributed by atoms with Crippen LogP contribution in [0.4, 0.5) is 0 Å². The highest BCUT2D eigenvalue weighted by molar-refractivity contribution is 5.43. The molecule has 2 heteroatoms. The molecule has 0 fully saturated rings. The standard InChI is InChI=1S/C11H10O2/c1-11-7-6-10(12-13-11)8-4-2-3-5-9(8)11/h2-7,10H,1H3. The van der Waals surface area contributed by atoms with Gasteiger partial charge < -0.3 is 0 Å². The van der Waals surface area contributed by atoms with E-state index in [4.69, 9.17) is 9.78 Å². The fourth-order valence-corrected chi connectivity index (χ4v) is 1.97. The Hall–Kier alpha value is -1.12. The van der Waals surface area contributed by atoms with Crippen molar-refractivity contribution in [3.63, 3.8) is 0 Å². The molecule has 2 aliphatic heterocycles. The largest absolute Gasteiger partial charge is 0.223 e. The van der Waals surface area contributed by atoms with Gasteiger partial charge >= 0.3 is 0 Å². The third-order valence-corrected chi connectivity index (χ3v) is 2.72. The van der Waals surface area contributed by atoms with Gasteiger partial charge in [-0.2, -0.15) is 0 Å². The van der Waals surface area contributed by atoms with Crippen LogP contribution >= 0.6 is 0 Å². The van der Waals surface area contributed by atoms with Gasteiger partial charge in [-0.05, 0) is 30.2 Å². The molecular formula is C11H10O2. The normalized spacial score (nSPS) is 34.7. The Morgan fingerprint density at radius 1 is 1.31 bits per heavy atom. The molecule has 13 heavy (non-hydrogen) atoms. The summed E-state index contributed by atoms with van der Waals surface area (Å²) in [5.41, 5.74) is 2.05. The van der Waals surface area contributed by atoms with Gasteiger partial charge in [-0.1, -0.05) is 24.3 Å². The molecule has 4 rings (SSSR count). The van der Waals surface area contributed by atoms with E-state index >= 15 is 0 Å². The molecule has 66 valence electrons. The molecule has 0 N–H and O–H groups in total. The van der Waals surface area contributed by atoms with Crippen LogP contribution in [0, 0.1) is 0 Å². The Balaban J connectivity index is 2.29. The van der Waals surface area contributed by atoms with Crippen molar-refractivity contribution in [2.45, 2.75) is 18.6 Å². The van der Waals surface area contributed by atoms with E-state index in [-0.39, 0.29) is 11.7 Å². The van der Waals surface area contributed by atoms with Crippen LogP contribution in [0.25, 0.3) is 0 Å². The first kappa shape index (κ1) is 7.30. The minimum absolute atomic E-state index is 0.0157. The van der Waals surface area contributed by atoms with Crippen molar-refractivity contribution < 1.29 is 9.78 Å². The van der Waals surface area contributed by atoms with Gasteiger partial charge in [0.05, 0.1) is 0 Å². The highest BCUT2D eigenvalue weighted by atomic mass is 17.2. The summed E-state index contributed by atoms with van der Waals surface area (Å²) in [6.45, 7) is 2.01. The van der Waals surface area contributed by atoms with Crippen molar-refractivity contribution in [3.05, 3.63) is 47.5 Å². The van der Waals surface area contributed by atoms with Crippen LogP contribution in [0.1, 0.15) is 24.2 Å². The van der Waals surface area contributed by atoms with E-state index in [2.05, 4.69) is 18.2 Å². The molecule has 0 saturated heterocycles. The van der Waals surface area contributed by atoms with E-state index in [9.17, 15) is 0 Å². The van der Waals surface area contributed by atoms with Crippen molar-refractivity contribution in [3.8, 4) is 0 Å². The van der Waals surface area contributed by atoms with Crippen LogP contribution < -0.4 is 0 Å². The first-order valence-electron chi connectivity index (χ1n) is 4.43. The second-order valence-corrected chi connectivity index (χ2v) is 3.65. The molecule has 2 unspecified atom stereocenters. The number of rotatable bonds is 0. The first-order valence-corrected chi connectivity index (χ1v) is 4.43. The molecule has 1 aromatic carbocycles. The Morgan fingerprint density at radius 2 is 2.15 bits per heavy atom. The minimum atomic E-state index is -0.384. The van der Waals surface area contributed by atoms with E-state index in [1.807, 2.05) is 25.1 Å². The first-order chi connectivity index (χ1) is 6.30. The van der Waals surface area contributed by atoms with Crippen molar-refractivity contribution >= 4 is 0 Å². The molecule has 2 bridgehead atoms. The second-order valence-electron chi connectivity index (χ2n) is 3.65. The maximum absolute atomic E-state index is 5.30. The van der Waals surface area contributed by atoms with Gasteiger partial charge in [-0.25, -0.2) is 9.78 Å². The number of fused-ring (bicyclic) bond motifs is 1. The third-order valence-electron chi connectivity index (χ3n) is 2.72. The fourth-order valence-electron chi connectivity index (χ4n) is 1.97. The molecule has 0 aromatic heterocycles. The summed E-state index contributed by atoms with van der Waals surface area (Å²) in [6, 6.07) is 8.24. The Kier molecular flexibility index (Phi) is 1.25. The minimum Gasteiger partial charge on any atom is -0.223 e. The molecule has 0 radical (unpaired) electrons. The molecule has 1 aromatic rings. The maximum Gasteiger partial charge on any atom is 0.144 e. The monoisotopic (exact) mass is 174 g/mol. The highest BCUT2D eigenvalue weighted by Crippen LogP contribution is 2.44. The lowest BCUT2D eigenvalue weighted by Crippen LogP contribution is -2.35. The molecule has 0 spiro atoms. The zero-order chi connectivity index (χ0) is 8.89. The predicted octanol–water partition coefficient (Wildman–Crippen LogP) is 2.47. The topological polar surface area (TPSA) is 18.5 Å². The SMILES string of the molecule is CC12C=CC(OO1)c1ccccc12. The summed E-state index contributed by atoms with van der Waals surface area (Å²) in [5.74, 6) is 0. The van der Waals surface area contributed by atoms with Gasteiger partial charge in [-0.15, -0.1) is 0 Å². The molecule has 0 amide bonds. The maximum atomic E-state index is 5.30. The average Bonchev–Trinajstić information content (AvgIpc) is 2.19. The molecule has 3 aliphatic rings. The molecule has 1 aliphatic carbocycles. The van der Waals surface area contributed by atoms with Gasteiger partial charge in [0.25, 0.3) is 0 Å². The van der Waals surface area contributed by atoms with Crippen molar-refractivity contribution in [2.24, 2.45) is 0 Å². The Bertz CT molecular complexity index is 383. The van der Waals surface area contributed by atoms with Crippen molar-refractivity contribution in [1.29, 1.82) is 0 Å². The number of benzene rings is 1. The van der Waals surface area contributed by atoms with Crippen LogP contribution in [0.2, 0.25) is 0 Å². The van der Waals surface area contributed by atoms with E-state index < -0.39 is 0 Å². The Morgan fingerprint density at radius 3 is 2.85 bits per heavy atom. The summed E-state index contributed by atoms with van der Waals surface area (Å²) < 4.78 is 0.